The molecule has 0 aliphatic rings. The van der Waals surface area contributed by atoms with Gasteiger partial charge in [-0.15, -0.1) is 0 Å². The lowest BCUT2D eigenvalue weighted by atomic mass is 10.2. The van der Waals surface area contributed by atoms with Crippen molar-refractivity contribution in [3.05, 3.63) is 83.4 Å². The van der Waals surface area contributed by atoms with E-state index in [-0.39, 0.29) is 0 Å². The van der Waals surface area contributed by atoms with Crippen molar-refractivity contribution in [3.8, 4) is 17.2 Å². The monoisotopic (exact) mass is 477 g/mol. The molecule has 3 aromatic carbocycles. The third-order valence-corrected chi connectivity index (χ3v) is 4.80. The van der Waals surface area contributed by atoms with Gasteiger partial charge in [-0.3, -0.25) is 5.43 Å². The standard InChI is InChI=1S/C26H27N3O4S/c1-4-14-32-22-11-9-20(10-12-22)25(30)33-23-13-8-19(16-24(23)31-3)17-27-29-26(34)28-21-7-5-6-18(2)15-21/h5-13,15-17H,4,14H2,1-3H3,(H2,28,29,34). The summed E-state index contributed by atoms with van der Waals surface area (Å²) in [4.78, 5) is 12.5. The number of carbonyl (C=O) groups excluding carboxylic acids is 1. The van der Waals surface area contributed by atoms with Gasteiger partial charge in [0.25, 0.3) is 0 Å². The zero-order valence-corrected chi connectivity index (χ0v) is 20.1. The molecule has 0 amide bonds. The van der Waals surface area contributed by atoms with Crippen LogP contribution in [-0.4, -0.2) is 31.0 Å². The highest BCUT2D eigenvalue weighted by Gasteiger charge is 2.13. The van der Waals surface area contributed by atoms with Crippen molar-refractivity contribution in [2.75, 3.05) is 19.0 Å². The lowest BCUT2D eigenvalue weighted by molar-refractivity contribution is 0.0729. The Labute approximate surface area is 204 Å². The van der Waals surface area contributed by atoms with E-state index in [0.717, 1.165) is 23.2 Å². The molecule has 2 N–H and O–H groups in total. The summed E-state index contributed by atoms with van der Waals surface area (Å²) in [6.45, 7) is 4.67. The minimum Gasteiger partial charge on any atom is -0.494 e. The number of hydrogen-bond acceptors (Lipinski definition) is 6. The van der Waals surface area contributed by atoms with Crippen molar-refractivity contribution >= 4 is 35.2 Å². The molecule has 0 bridgehead atoms. The average Bonchev–Trinajstić information content (AvgIpc) is 2.83. The molecular formula is C26H27N3O4S. The van der Waals surface area contributed by atoms with Gasteiger partial charge in [0.2, 0.25) is 0 Å². The molecule has 0 saturated heterocycles. The van der Waals surface area contributed by atoms with Crippen LogP contribution in [0.3, 0.4) is 0 Å². The Bertz CT molecular complexity index is 1160. The van der Waals surface area contributed by atoms with Crippen molar-refractivity contribution in [1.29, 1.82) is 0 Å². The molecule has 0 heterocycles. The first-order valence-corrected chi connectivity index (χ1v) is 11.2. The van der Waals surface area contributed by atoms with Crippen LogP contribution in [0.5, 0.6) is 17.2 Å². The smallest absolute Gasteiger partial charge is 0.343 e. The molecule has 0 atom stereocenters. The number of carbonyl (C=O) groups is 1. The number of hydrogen-bond donors (Lipinski definition) is 2. The number of benzene rings is 3. The molecule has 0 saturated carbocycles. The van der Waals surface area contributed by atoms with Gasteiger partial charge in [-0.05, 0) is 91.3 Å². The van der Waals surface area contributed by atoms with Crippen molar-refractivity contribution in [1.82, 2.24) is 5.43 Å². The number of rotatable bonds is 9. The van der Waals surface area contributed by atoms with Crippen molar-refractivity contribution < 1.29 is 19.0 Å². The Hall–Kier alpha value is -3.91. The first-order chi connectivity index (χ1) is 16.5. The normalized spacial score (nSPS) is 10.6. The molecular weight excluding hydrogens is 450 g/mol. The van der Waals surface area contributed by atoms with Crippen LogP contribution in [0.25, 0.3) is 0 Å². The maximum atomic E-state index is 12.5. The van der Waals surface area contributed by atoms with E-state index in [4.69, 9.17) is 26.4 Å². The van der Waals surface area contributed by atoms with Gasteiger partial charge in [-0.2, -0.15) is 5.10 Å². The van der Waals surface area contributed by atoms with Crippen LogP contribution in [0, 0.1) is 6.92 Å². The number of nitrogens with zero attached hydrogens (tertiary/aromatic N) is 1. The lowest BCUT2D eigenvalue weighted by Gasteiger charge is -2.11. The van der Waals surface area contributed by atoms with Crippen LogP contribution in [-0.2, 0) is 0 Å². The Kier molecular flexibility index (Phi) is 8.99. The Morgan fingerprint density at radius 1 is 1.06 bits per heavy atom. The van der Waals surface area contributed by atoms with E-state index in [9.17, 15) is 4.79 Å². The van der Waals surface area contributed by atoms with Crippen LogP contribution in [0.15, 0.2) is 71.8 Å². The highest BCUT2D eigenvalue weighted by molar-refractivity contribution is 7.80. The second-order valence-electron chi connectivity index (χ2n) is 7.37. The fourth-order valence-corrected chi connectivity index (χ4v) is 3.13. The second-order valence-corrected chi connectivity index (χ2v) is 7.77. The molecule has 0 aliphatic carbocycles. The van der Waals surface area contributed by atoms with E-state index < -0.39 is 5.97 Å². The van der Waals surface area contributed by atoms with Crippen molar-refractivity contribution in [2.45, 2.75) is 20.3 Å². The van der Waals surface area contributed by atoms with Crippen LogP contribution in [0.2, 0.25) is 0 Å². The third kappa shape index (κ3) is 7.31. The van der Waals surface area contributed by atoms with Crippen LogP contribution < -0.4 is 25.0 Å². The van der Waals surface area contributed by atoms with Gasteiger partial charge >= 0.3 is 5.97 Å². The van der Waals surface area contributed by atoms with E-state index in [0.29, 0.717) is 34.5 Å². The summed E-state index contributed by atoms with van der Waals surface area (Å²) in [5.74, 6) is 0.930. The molecule has 34 heavy (non-hydrogen) atoms. The minimum absolute atomic E-state index is 0.306. The summed E-state index contributed by atoms with van der Waals surface area (Å²) in [6.07, 6.45) is 2.50. The molecule has 176 valence electrons. The maximum Gasteiger partial charge on any atom is 0.343 e. The van der Waals surface area contributed by atoms with E-state index >= 15 is 0 Å². The highest BCUT2D eigenvalue weighted by atomic mass is 32.1. The molecule has 0 radical (unpaired) electrons. The van der Waals surface area contributed by atoms with Gasteiger partial charge in [0.05, 0.1) is 25.5 Å². The summed E-state index contributed by atoms with van der Waals surface area (Å²) in [5.41, 5.74) is 5.93. The molecule has 0 aromatic heterocycles. The highest BCUT2D eigenvalue weighted by Crippen LogP contribution is 2.28. The maximum absolute atomic E-state index is 12.5. The summed E-state index contributed by atoms with van der Waals surface area (Å²) in [5, 5.41) is 7.58. The number of hydrazone groups is 1. The van der Waals surface area contributed by atoms with E-state index in [1.165, 1.54) is 7.11 Å². The molecule has 0 unspecified atom stereocenters. The zero-order chi connectivity index (χ0) is 24.3. The van der Waals surface area contributed by atoms with Gasteiger partial charge in [-0.25, -0.2) is 4.79 Å². The van der Waals surface area contributed by atoms with Crippen LogP contribution in [0.1, 0.15) is 34.8 Å². The molecule has 8 heteroatoms. The van der Waals surface area contributed by atoms with Crippen LogP contribution >= 0.6 is 12.2 Å². The van der Waals surface area contributed by atoms with Crippen LogP contribution in [0.4, 0.5) is 5.69 Å². The molecule has 0 spiro atoms. The van der Waals surface area contributed by atoms with E-state index in [1.807, 2.05) is 38.1 Å². The number of methoxy groups -OCH3 is 1. The minimum atomic E-state index is -0.490. The zero-order valence-electron chi connectivity index (χ0n) is 19.3. The van der Waals surface area contributed by atoms with Crippen molar-refractivity contribution in [3.63, 3.8) is 0 Å². The number of esters is 1. The number of aryl methyl sites for hydroxylation is 1. The average molecular weight is 478 g/mol. The van der Waals surface area contributed by atoms with Gasteiger partial charge < -0.3 is 19.5 Å². The summed E-state index contributed by atoms with van der Waals surface area (Å²) in [7, 11) is 1.51. The Balaban J connectivity index is 1.59. The van der Waals surface area contributed by atoms with E-state index in [1.54, 1.807) is 48.7 Å². The van der Waals surface area contributed by atoms with Gasteiger partial charge in [-0.1, -0.05) is 19.1 Å². The van der Waals surface area contributed by atoms with Gasteiger partial charge in [0.15, 0.2) is 16.6 Å². The molecule has 3 aromatic rings. The van der Waals surface area contributed by atoms with E-state index in [2.05, 4.69) is 15.8 Å². The number of ether oxygens (including phenoxy) is 3. The fraction of sp³-hybridized carbons (Fsp3) is 0.192. The Morgan fingerprint density at radius 2 is 1.85 bits per heavy atom. The quantitative estimate of drug-likeness (QED) is 0.142. The predicted molar refractivity (Wildman–Crippen MR) is 138 cm³/mol. The number of anilines is 1. The summed E-state index contributed by atoms with van der Waals surface area (Å²) >= 11 is 5.26. The molecule has 0 fully saturated rings. The molecule has 0 aliphatic heterocycles. The molecule has 7 nitrogen and oxygen atoms in total. The summed E-state index contributed by atoms with van der Waals surface area (Å²) < 4.78 is 16.4. The van der Waals surface area contributed by atoms with Crippen molar-refractivity contribution in [2.24, 2.45) is 5.10 Å². The third-order valence-electron chi connectivity index (χ3n) is 4.61. The fourth-order valence-electron chi connectivity index (χ4n) is 2.96. The largest absolute Gasteiger partial charge is 0.494 e. The predicted octanol–water partition coefficient (Wildman–Crippen LogP) is 5.33. The first-order valence-electron chi connectivity index (χ1n) is 10.8. The van der Waals surface area contributed by atoms with Gasteiger partial charge in [0, 0.05) is 5.69 Å². The SMILES string of the molecule is CCCOc1ccc(C(=O)Oc2ccc(C=NNC(=S)Nc3cccc(C)c3)cc2OC)cc1. The number of thiocarbonyl (C=S) groups is 1. The number of nitrogens with one attached hydrogen (secondary N) is 2. The van der Waals surface area contributed by atoms with Gasteiger partial charge in [0.1, 0.15) is 5.75 Å². The first kappa shape index (κ1) is 24.7. The summed E-state index contributed by atoms with van der Waals surface area (Å²) in [6, 6.07) is 19.8. The Morgan fingerprint density at radius 3 is 2.56 bits per heavy atom. The second kappa shape index (κ2) is 12.4. The topological polar surface area (TPSA) is 81.2 Å². The lowest BCUT2D eigenvalue weighted by Crippen LogP contribution is -2.23. The molecule has 3 rings (SSSR count).